The first kappa shape index (κ1) is 40.7. The van der Waals surface area contributed by atoms with Gasteiger partial charge in [0.25, 0.3) is 0 Å². The van der Waals surface area contributed by atoms with Crippen molar-refractivity contribution < 1.29 is 9.59 Å². The molecular weight excluding hydrogens is 679 g/mol. The summed E-state index contributed by atoms with van der Waals surface area (Å²) in [5, 5.41) is 9.61. The van der Waals surface area contributed by atoms with Gasteiger partial charge in [-0.3, -0.25) is 15.0 Å². The van der Waals surface area contributed by atoms with E-state index in [1.54, 1.807) is 0 Å². The molecule has 1 heterocycles. The number of carbonyl (C=O) groups is 2. The highest BCUT2D eigenvalue weighted by Gasteiger charge is 2.35. The molecule has 1 aromatic heterocycles. The molecule has 7 nitrogen and oxygen atoms in total. The third kappa shape index (κ3) is 9.63. The third-order valence-electron chi connectivity index (χ3n) is 9.77. The van der Waals surface area contributed by atoms with Gasteiger partial charge in [-0.2, -0.15) is 5.11 Å². The van der Waals surface area contributed by atoms with Gasteiger partial charge in [-0.15, -0.1) is 5.11 Å². The molecule has 5 rings (SSSR count). The minimum absolute atomic E-state index is 0.0552. The summed E-state index contributed by atoms with van der Waals surface area (Å²) >= 11 is 0. The summed E-state index contributed by atoms with van der Waals surface area (Å²) in [5.41, 5.74) is 17.6. The predicted molar refractivity (Wildman–Crippen MR) is 227 cm³/mol. The van der Waals surface area contributed by atoms with Crippen LogP contribution < -0.4 is 10.9 Å². The molecule has 0 spiro atoms. The first-order chi connectivity index (χ1) is 25.6. The highest BCUT2D eigenvalue weighted by atomic mass is 16.1. The standard InChI is InChI=1S/C48H57N5O2/c1-14-32-25-33(26-37(44(32)54)46(5,6)7)42(52-50-35-19-15-29(2)16-20-35)40-23-31(4)24-41(49-40)43(53-51-36-21-17-30(3)18-22-36)34-27-38(47(8,9)10)45(55)39(28-34)48(11,12)13/h15-28,51,53H,14H2,1-13H3/b42-33+,52-50?. The molecule has 0 atom stereocenters. The average Bonchev–Trinajstić information content (AvgIpc) is 3.09. The van der Waals surface area contributed by atoms with E-state index < -0.39 is 16.2 Å². The predicted octanol–water partition coefficient (Wildman–Crippen LogP) is 12.2. The lowest BCUT2D eigenvalue weighted by Gasteiger charge is -2.32. The number of nitrogens with one attached hydrogen (secondary N) is 2. The SMILES string of the molecule is CCC1=C/C(=C(\N=Nc2ccc(C)cc2)c2cc(C)cc(C(NNc3ccc(C)cc3)=C3C=C(C(C)(C)C)C(=O)C(C(C)(C)C)=C3)n2)C=C(C(C)(C)C)C1=O. The van der Waals surface area contributed by atoms with Crippen LogP contribution in [-0.4, -0.2) is 16.6 Å². The monoisotopic (exact) mass is 735 g/mol. The maximum absolute atomic E-state index is 14.0. The molecule has 0 saturated carbocycles. The first-order valence-electron chi connectivity index (χ1n) is 19.2. The molecule has 0 bridgehead atoms. The molecule has 2 N–H and O–H groups in total. The van der Waals surface area contributed by atoms with Crippen LogP contribution in [0.2, 0.25) is 0 Å². The Labute approximate surface area is 328 Å². The van der Waals surface area contributed by atoms with Crippen molar-refractivity contribution in [3.63, 3.8) is 0 Å². The Bertz CT molecular complexity index is 2180. The Balaban J connectivity index is 1.82. The van der Waals surface area contributed by atoms with Gasteiger partial charge in [-0.1, -0.05) is 105 Å². The van der Waals surface area contributed by atoms with E-state index >= 15 is 0 Å². The lowest BCUT2D eigenvalue weighted by atomic mass is 9.71. The van der Waals surface area contributed by atoms with Crippen LogP contribution in [0.15, 0.2) is 129 Å². The Morgan fingerprint density at radius 2 is 1.11 bits per heavy atom. The number of ketones is 2. The molecule has 2 aromatic carbocycles. The minimum Gasteiger partial charge on any atom is -0.301 e. The van der Waals surface area contributed by atoms with Crippen LogP contribution in [0.4, 0.5) is 11.4 Å². The first-order valence-corrected chi connectivity index (χ1v) is 19.2. The van der Waals surface area contributed by atoms with E-state index in [-0.39, 0.29) is 11.6 Å². The number of hydrogen-bond acceptors (Lipinski definition) is 7. The van der Waals surface area contributed by atoms with Crippen molar-refractivity contribution in [2.24, 2.45) is 26.5 Å². The lowest BCUT2D eigenvalue weighted by molar-refractivity contribution is -0.114. The van der Waals surface area contributed by atoms with E-state index in [0.717, 1.165) is 55.8 Å². The molecule has 55 heavy (non-hydrogen) atoms. The summed E-state index contributed by atoms with van der Waals surface area (Å²) in [7, 11) is 0. The highest BCUT2D eigenvalue weighted by molar-refractivity contribution is 6.13. The van der Waals surface area contributed by atoms with Crippen molar-refractivity contribution in [1.29, 1.82) is 0 Å². The van der Waals surface area contributed by atoms with Crippen molar-refractivity contribution in [2.75, 3.05) is 5.43 Å². The third-order valence-corrected chi connectivity index (χ3v) is 9.77. The fourth-order valence-corrected chi connectivity index (χ4v) is 6.48. The number of anilines is 1. The normalized spacial score (nSPS) is 16.4. The van der Waals surface area contributed by atoms with E-state index in [9.17, 15) is 9.59 Å². The lowest BCUT2D eigenvalue weighted by Crippen LogP contribution is -2.29. The summed E-state index contributed by atoms with van der Waals surface area (Å²) in [4.78, 5) is 33.0. The van der Waals surface area contributed by atoms with Crippen LogP contribution >= 0.6 is 0 Å². The Morgan fingerprint density at radius 3 is 1.64 bits per heavy atom. The molecule has 2 aliphatic carbocycles. The molecule has 0 radical (unpaired) electrons. The number of aromatic nitrogens is 1. The number of allylic oxidation sites excluding steroid dienone is 10. The van der Waals surface area contributed by atoms with Gasteiger partial charge in [-0.05, 0) is 110 Å². The molecule has 2 aliphatic rings. The maximum Gasteiger partial charge on any atom is 0.186 e. The van der Waals surface area contributed by atoms with E-state index in [2.05, 4.69) is 92.2 Å². The van der Waals surface area contributed by atoms with Crippen LogP contribution in [0.1, 0.15) is 104 Å². The zero-order valence-corrected chi connectivity index (χ0v) is 34.9. The molecular formula is C48H57N5O2. The summed E-state index contributed by atoms with van der Waals surface area (Å²) in [6.07, 6.45) is 8.47. The summed E-state index contributed by atoms with van der Waals surface area (Å²) < 4.78 is 0. The quantitative estimate of drug-likeness (QED) is 0.177. The highest BCUT2D eigenvalue weighted by Crippen LogP contribution is 2.41. The average molecular weight is 736 g/mol. The number of hydrogen-bond donors (Lipinski definition) is 2. The summed E-state index contributed by atoms with van der Waals surface area (Å²) in [6, 6.07) is 20.1. The van der Waals surface area contributed by atoms with Gasteiger partial charge in [0.05, 0.1) is 28.5 Å². The number of hydrazine groups is 1. The Kier molecular flexibility index (Phi) is 11.7. The second-order valence-corrected chi connectivity index (χ2v) is 17.8. The van der Waals surface area contributed by atoms with Gasteiger partial charge in [-0.25, -0.2) is 4.98 Å². The molecule has 0 amide bonds. The number of azo groups is 1. The zero-order chi connectivity index (χ0) is 40.5. The Hall–Kier alpha value is -5.43. The van der Waals surface area contributed by atoms with Crippen LogP contribution in [0, 0.1) is 37.0 Å². The van der Waals surface area contributed by atoms with E-state index in [0.29, 0.717) is 34.9 Å². The van der Waals surface area contributed by atoms with Gasteiger partial charge in [0.15, 0.2) is 11.6 Å². The molecule has 7 heteroatoms. The molecule has 3 aromatic rings. The van der Waals surface area contributed by atoms with Crippen LogP contribution in [0.3, 0.4) is 0 Å². The number of Topliss-reactive ketones (excluding diaryl/α,β-unsaturated/α-hetero) is 2. The summed E-state index contributed by atoms with van der Waals surface area (Å²) in [6.45, 7) is 26.8. The van der Waals surface area contributed by atoms with Gasteiger partial charge in [0, 0.05) is 33.4 Å². The molecule has 0 saturated heterocycles. The second kappa shape index (κ2) is 15.7. The van der Waals surface area contributed by atoms with Gasteiger partial charge in [0.1, 0.15) is 5.70 Å². The van der Waals surface area contributed by atoms with Crippen molar-refractivity contribution in [1.82, 2.24) is 10.4 Å². The van der Waals surface area contributed by atoms with Gasteiger partial charge < -0.3 is 5.43 Å². The fraction of sp³-hybridized carbons (Fsp3) is 0.354. The van der Waals surface area contributed by atoms with Crippen LogP contribution in [-0.2, 0) is 9.59 Å². The number of pyridine rings is 1. The zero-order valence-electron chi connectivity index (χ0n) is 34.9. The largest absolute Gasteiger partial charge is 0.301 e. The molecule has 0 unspecified atom stereocenters. The van der Waals surface area contributed by atoms with Crippen LogP contribution in [0.5, 0.6) is 0 Å². The smallest absolute Gasteiger partial charge is 0.186 e. The number of nitrogens with zero attached hydrogens (tertiary/aromatic N) is 3. The number of aryl methyl sites for hydroxylation is 3. The Morgan fingerprint density at radius 1 is 0.618 bits per heavy atom. The van der Waals surface area contributed by atoms with Crippen LogP contribution in [0.25, 0.3) is 11.4 Å². The second-order valence-electron chi connectivity index (χ2n) is 17.8. The van der Waals surface area contributed by atoms with Crippen molar-refractivity contribution in [3.05, 3.63) is 146 Å². The van der Waals surface area contributed by atoms with Crippen molar-refractivity contribution in [3.8, 4) is 0 Å². The maximum atomic E-state index is 14.0. The van der Waals surface area contributed by atoms with Crippen molar-refractivity contribution >= 4 is 34.3 Å². The molecule has 0 fully saturated rings. The number of rotatable bonds is 8. The van der Waals surface area contributed by atoms with Crippen molar-refractivity contribution in [2.45, 2.75) is 96.4 Å². The van der Waals surface area contributed by atoms with Gasteiger partial charge in [0.2, 0.25) is 0 Å². The number of benzene rings is 2. The minimum atomic E-state index is -0.402. The number of carbonyl (C=O) groups excluding carboxylic acids is 2. The van der Waals surface area contributed by atoms with Gasteiger partial charge >= 0.3 is 0 Å². The summed E-state index contributed by atoms with van der Waals surface area (Å²) in [5.74, 6) is 0.113. The van der Waals surface area contributed by atoms with E-state index in [1.807, 2.05) is 93.6 Å². The van der Waals surface area contributed by atoms with E-state index in [1.165, 1.54) is 0 Å². The molecule has 0 aliphatic heterocycles. The molecule has 286 valence electrons. The fourth-order valence-electron chi connectivity index (χ4n) is 6.48. The topological polar surface area (TPSA) is 95.8 Å². The van der Waals surface area contributed by atoms with E-state index in [4.69, 9.17) is 15.2 Å².